The number of thiocarbonyl (C=S) groups is 1. The van der Waals surface area contributed by atoms with E-state index in [0.717, 1.165) is 5.75 Å². The molecule has 2 rings (SSSR count). The summed E-state index contributed by atoms with van der Waals surface area (Å²) in [6.07, 6.45) is -0.103. The summed E-state index contributed by atoms with van der Waals surface area (Å²) in [7, 11) is 1.87. The number of benzene rings is 1. The fourth-order valence-corrected chi connectivity index (χ4v) is 1.51. The molecule has 1 aliphatic rings. The second-order valence-corrected chi connectivity index (χ2v) is 4.08. The van der Waals surface area contributed by atoms with Crippen LogP contribution in [-0.2, 0) is 0 Å². The molecule has 1 aromatic carbocycles. The van der Waals surface area contributed by atoms with Crippen molar-refractivity contribution >= 4 is 17.3 Å². The first-order valence-electron chi connectivity index (χ1n) is 5.04. The van der Waals surface area contributed by atoms with Crippen molar-refractivity contribution in [2.75, 3.05) is 13.7 Å². The van der Waals surface area contributed by atoms with Crippen LogP contribution < -0.4 is 4.74 Å². The first kappa shape index (κ1) is 11.0. The highest BCUT2D eigenvalue weighted by molar-refractivity contribution is 7.80. The molecule has 1 atom stereocenters. The summed E-state index contributed by atoms with van der Waals surface area (Å²) in [5.41, 5.74) is 1.21. The minimum atomic E-state index is -0.103. The average molecular weight is 235 g/mol. The van der Waals surface area contributed by atoms with Crippen molar-refractivity contribution < 1.29 is 4.74 Å². The van der Waals surface area contributed by atoms with Crippen molar-refractivity contribution in [2.45, 2.75) is 13.1 Å². The molecule has 0 aliphatic carbocycles. The second-order valence-electron chi connectivity index (χ2n) is 3.71. The summed E-state index contributed by atoms with van der Waals surface area (Å²) in [5, 5.41) is 8.35. The monoisotopic (exact) mass is 235 g/mol. The summed E-state index contributed by atoms with van der Waals surface area (Å²) in [6.45, 7) is 2.50. The molecule has 0 radical (unpaired) electrons. The summed E-state index contributed by atoms with van der Waals surface area (Å²) < 4.78 is 5.61. The fourth-order valence-electron chi connectivity index (χ4n) is 1.34. The largest absolute Gasteiger partial charge is 0.489 e. The van der Waals surface area contributed by atoms with Crippen molar-refractivity contribution in [2.24, 2.45) is 10.2 Å². The molecular formula is C11H13N3OS. The molecule has 1 unspecified atom stereocenters. The van der Waals surface area contributed by atoms with E-state index in [-0.39, 0.29) is 6.17 Å². The lowest BCUT2D eigenvalue weighted by Crippen LogP contribution is -2.33. The van der Waals surface area contributed by atoms with Crippen LogP contribution in [0.5, 0.6) is 5.75 Å². The zero-order valence-corrected chi connectivity index (χ0v) is 10.1. The van der Waals surface area contributed by atoms with Gasteiger partial charge in [0, 0.05) is 7.05 Å². The molecule has 5 heteroatoms. The van der Waals surface area contributed by atoms with Gasteiger partial charge in [0.25, 0.3) is 0 Å². The van der Waals surface area contributed by atoms with Gasteiger partial charge in [-0.1, -0.05) is 17.7 Å². The number of hydrogen-bond donors (Lipinski definition) is 0. The Kier molecular flexibility index (Phi) is 3.14. The highest BCUT2D eigenvalue weighted by atomic mass is 32.1. The molecule has 0 bridgehead atoms. The van der Waals surface area contributed by atoms with E-state index in [1.165, 1.54) is 5.56 Å². The SMILES string of the molecule is Cc1ccc(OCC2N=NC(=S)N2C)cc1. The van der Waals surface area contributed by atoms with Gasteiger partial charge in [-0.3, -0.25) is 0 Å². The van der Waals surface area contributed by atoms with Crippen LogP contribution in [0.15, 0.2) is 34.5 Å². The smallest absolute Gasteiger partial charge is 0.217 e. The maximum atomic E-state index is 5.61. The predicted molar refractivity (Wildman–Crippen MR) is 65.7 cm³/mol. The minimum absolute atomic E-state index is 0.103. The normalized spacial score (nSPS) is 19.2. The molecule has 0 spiro atoms. The van der Waals surface area contributed by atoms with Gasteiger partial charge in [-0.25, -0.2) is 0 Å². The van der Waals surface area contributed by atoms with Crippen molar-refractivity contribution in [3.63, 3.8) is 0 Å². The van der Waals surface area contributed by atoms with Gasteiger partial charge < -0.3 is 9.64 Å². The first-order chi connectivity index (χ1) is 7.66. The van der Waals surface area contributed by atoms with Crippen molar-refractivity contribution in [3.05, 3.63) is 29.8 Å². The third kappa shape index (κ3) is 2.36. The van der Waals surface area contributed by atoms with Crippen LogP contribution in [0.2, 0.25) is 0 Å². The lowest BCUT2D eigenvalue weighted by atomic mass is 10.2. The first-order valence-corrected chi connectivity index (χ1v) is 5.45. The van der Waals surface area contributed by atoms with E-state index in [2.05, 4.69) is 10.2 Å². The molecule has 1 aromatic rings. The summed E-state index contributed by atoms with van der Waals surface area (Å²) in [4.78, 5) is 1.82. The molecule has 84 valence electrons. The van der Waals surface area contributed by atoms with Crippen molar-refractivity contribution in [3.8, 4) is 5.75 Å². The number of nitrogens with zero attached hydrogens (tertiary/aromatic N) is 3. The van der Waals surface area contributed by atoms with Gasteiger partial charge in [-0.05, 0) is 31.3 Å². The van der Waals surface area contributed by atoms with E-state index >= 15 is 0 Å². The molecule has 0 amide bonds. The number of ether oxygens (including phenoxy) is 1. The third-order valence-corrected chi connectivity index (χ3v) is 2.82. The third-order valence-electron chi connectivity index (χ3n) is 2.45. The Hall–Kier alpha value is -1.49. The van der Waals surface area contributed by atoms with Gasteiger partial charge in [0.05, 0.1) is 0 Å². The standard InChI is InChI=1S/C11H13N3OS/c1-8-3-5-9(6-4-8)15-7-10-12-13-11(16)14(10)2/h3-6,10H,7H2,1-2H3. The van der Waals surface area contributed by atoms with Crippen LogP contribution in [0.25, 0.3) is 0 Å². The van der Waals surface area contributed by atoms with Crippen molar-refractivity contribution in [1.82, 2.24) is 4.90 Å². The zero-order chi connectivity index (χ0) is 11.5. The second kappa shape index (κ2) is 4.57. The van der Waals surface area contributed by atoms with Crippen LogP contribution in [0.1, 0.15) is 5.56 Å². The Morgan fingerprint density at radius 3 is 2.62 bits per heavy atom. The maximum Gasteiger partial charge on any atom is 0.217 e. The Morgan fingerprint density at radius 2 is 2.06 bits per heavy atom. The van der Waals surface area contributed by atoms with E-state index in [9.17, 15) is 0 Å². The molecule has 0 N–H and O–H groups in total. The summed E-state index contributed by atoms with van der Waals surface area (Å²) >= 11 is 4.98. The number of aryl methyl sites for hydroxylation is 1. The van der Waals surface area contributed by atoms with Gasteiger partial charge in [0.15, 0.2) is 6.17 Å². The van der Waals surface area contributed by atoms with Gasteiger partial charge in [-0.2, -0.15) is 5.11 Å². The summed E-state index contributed by atoms with van der Waals surface area (Å²) in [5.74, 6) is 0.840. The molecule has 0 saturated carbocycles. The highest BCUT2D eigenvalue weighted by Gasteiger charge is 2.22. The number of hydrogen-bond acceptors (Lipinski definition) is 3. The number of rotatable bonds is 3. The topological polar surface area (TPSA) is 37.2 Å². The lowest BCUT2D eigenvalue weighted by Gasteiger charge is -2.17. The van der Waals surface area contributed by atoms with Crippen LogP contribution >= 0.6 is 12.2 Å². The minimum Gasteiger partial charge on any atom is -0.489 e. The number of likely N-dealkylation sites (N-methyl/N-ethyl adjacent to an activating group) is 1. The average Bonchev–Trinajstić information content (AvgIpc) is 2.60. The van der Waals surface area contributed by atoms with E-state index in [1.54, 1.807) is 0 Å². The van der Waals surface area contributed by atoms with Crippen LogP contribution in [0, 0.1) is 6.92 Å². The van der Waals surface area contributed by atoms with E-state index < -0.39 is 0 Å². The van der Waals surface area contributed by atoms with Gasteiger partial charge in [0.2, 0.25) is 5.11 Å². The Morgan fingerprint density at radius 1 is 1.38 bits per heavy atom. The van der Waals surface area contributed by atoms with E-state index in [4.69, 9.17) is 17.0 Å². The molecule has 16 heavy (non-hydrogen) atoms. The fraction of sp³-hybridized carbons (Fsp3) is 0.364. The van der Waals surface area contributed by atoms with Gasteiger partial charge in [0.1, 0.15) is 12.4 Å². The zero-order valence-electron chi connectivity index (χ0n) is 9.25. The maximum absolute atomic E-state index is 5.61. The number of azo groups is 1. The Balaban J connectivity index is 1.91. The molecule has 1 aliphatic heterocycles. The molecular weight excluding hydrogens is 222 g/mol. The predicted octanol–water partition coefficient (Wildman–Crippen LogP) is 2.38. The summed E-state index contributed by atoms with van der Waals surface area (Å²) in [6, 6.07) is 7.92. The van der Waals surface area contributed by atoms with E-state index in [1.807, 2.05) is 43.1 Å². The van der Waals surface area contributed by atoms with Crippen LogP contribution in [0.4, 0.5) is 0 Å². The Labute approximate surface area is 99.9 Å². The molecule has 4 nitrogen and oxygen atoms in total. The lowest BCUT2D eigenvalue weighted by molar-refractivity contribution is 0.229. The molecule has 0 saturated heterocycles. The van der Waals surface area contributed by atoms with E-state index in [0.29, 0.717) is 11.7 Å². The van der Waals surface area contributed by atoms with Crippen molar-refractivity contribution in [1.29, 1.82) is 0 Å². The Bertz CT molecular complexity index is 416. The quantitative estimate of drug-likeness (QED) is 0.755. The van der Waals surface area contributed by atoms with Gasteiger partial charge >= 0.3 is 0 Å². The molecule has 1 heterocycles. The highest BCUT2D eigenvalue weighted by Crippen LogP contribution is 2.15. The van der Waals surface area contributed by atoms with Crippen LogP contribution in [-0.4, -0.2) is 29.8 Å². The van der Waals surface area contributed by atoms with Gasteiger partial charge in [-0.15, -0.1) is 5.11 Å². The van der Waals surface area contributed by atoms with Crippen LogP contribution in [0.3, 0.4) is 0 Å². The molecule has 0 fully saturated rings. The molecule has 0 aromatic heterocycles.